The van der Waals surface area contributed by atoms with Crippen LogP contribution in [-0.2, 0) is 0 Å². The van der Waals surface area contributed by atoms with Gasteiger partial charge < -0.3 is 10.2 Å². The summed E-state index contributed by atoms with van der Waals surface area (Å²) in [6, 6.07) is 13.8. The molecule has 4 rings (SSSR count). The number of nitrogens with two attached hydrogens (primary N) is 1. The quantitative estimate of drug-likeness (QED) is 0.603. The lowest BCUT2D eigenvalue weighted by molar-refractivity contribution is 0.626. The van der Waals surface area contributed by atoms with Crippen LogP contribution in [-0.4, -0.2) is 4.98 Å². The van der Waals surface area contributed by atoms with Crippen molar-refractivity contribution in [3.8, 4) is 0 Å². The fourth-order valence-electron chi connectivity index (χ4n) is 2.71. The number of fused-ring (bicyclic) bond motifs is 3. The predicted octanol–water partition coefficient (Wildman–Crippen LogP) is 4.17. The number of nitrogens with zero attached hydrogens (tertiary/aromatic N) is 1. The van der Waals surface area contributed by atoms with Crippen LogP contribution in [0.4, 0.5) is 4.39 Å². The lowest BCUT2D eigenvalue weighted by atomic mass is 9.99. The number of benzene rings is 2. The number of hydrogen-bond acceptors (Lipinski definition) is 3. The molecule has 4 aromatic rings. The molecule has 108 valence electrons. The van der Waals surface area contributed by atoms with Crippen LogP contribution in [0, 0.1) is 5.82 Å². The van der Waals surface area contributed by atoms with Crippen molar-refractivity contribution < 1.29 is 8.81 Å². The number of halogens is 1. The monoisotopic (exact) mass is 292 g/mol. The van der Waals surface area contributed by atoms with E-state index in [1.807, 2.05) is 30.3 Å². The lowest BCUT2D eigenvalue weighted by Gasteiger charge is -2.11. The highest BCUT2D eigenvalue weighted by atomic mass is 19.1. The van der Waals surface area contributed by atoms with Gasteiger partial charge in [0.1, 0.15) is 17.0 Å². The van der Waals surface area contributed by atoms with E-state index in [2.05, 4.69) is 4.98 Å². The Kier molecular flexibility index (Phi) is 2.91. The Morgan fingerprint density at radius 2 is 1.73 bits per heavy atom. The standard InChI is InChI=1S/C18H13FN2O/c19-13-4-6-17-15(9-13)14-8-11(3-5-16(14)22-17)18(20)12-2-1-7-21-10-12/h1-10,18H,20H2. The van der Waals surface area contributed by atoms with Crippen molar-refractivity contribution in [2.75, 3.05) is 0 Å². The minimum Gasteiger partial charge on any atom is -0.456 e. The van der Waals surface area contributed by atoms with Gasteiger partial charge in [0.2, 0.25) is 0 Å². The van der Waals surface area contributed by atoms with Crippen LogP contribution in [0.3, 0.4) is 0 Å². The minimum absolute atomic E-state index is 0.280. The van der Waals surface area contributed by atoms with Crippen molar-refractivity contribution in [1.29, 1.82) is 0 Å². The summed E-state index contributed by atoms with van der Waals surface area (Å²) in [4.78, 5) is 4.10. The van der Waals surface area contributed by atoms with Gasteiger partial charge in [-0.15, -0.1) is 0 Å². The molecular weight excluding hydrogens is 279 g/mol. The van der Waals surface area contributed by atoms with Crippen molar-refractivity contribution in [2.45, 2.75) is 6.04 Å². The zero-order valence-corrected chi connectivity index (χ0v) is 11.7. The number of pyridine rings is 1. The Bertz CT molecular complexity index is 963. The van der Waals surface area contributed by atoms with Gasteiger partial charge in [-0.25, -0.2) is 4.39 Å². The average Bonchev–Trinajstić information content (AvgIpc) is 2.92. The van der Waals surface area contributed by atoms with Crippen molar-refractivity contribution in [3.63, 3.8) is 0 Å². The Morgan fingerprint density at radius 3 is 2.50 bits per heavy atom. The summed E-state index contributed by atoms with van der Waals surface area (Å²) in [6.07, 6.45) is 3.47. The number of furan rings is 1. The second-order valence-electron chi connectivity index (χ2n) is 5.26. The van der Waals surface area contributed by atoms with E-state index in [0.717, 1.165) is 27.5 Å². The molecule has 0 bridgehead atoms. The maximum absolute atomic E-state index is 13.5. The molecule has 0 fully saturated rings. The predicted molar refractivity (Wildman–Crippen MR) is 83.9 cm³/mol. The first-order valence-electron chi connectivity index (χ1n) is 6.99. The molecule has 2 aromatic carbocycles. The Balaban J connectivity index is 1.89. The summed E-state index contributed by atoms with van der Waals surface area (Å²) < 4.78 is 19.2. The highest BCUT2D eigenvalue weighted by Crippen LogP contribution is 2.32. The summed E-state index contributed by atoms with van der Waals surface area (Å²) in [7, 11) is 0. The van der Waals surface area contributed by atoms with Crippen LogP contribution in [0.15, 0.2) is 65.3 Å². The van der Waals surface area contributed by atoms with Gasteiger partial charge in [-0.2, -0.15) is 0 Å². The molecule has 2 aromatic heterocycles. The van der Waals surface area contributed by atoms with Crippen molar-refractivity contribution >= 4 is 21.9 Å². The summed E-state index contributed by atoms with van der Waals surface area (Å²) in [5, 5.41) is 1.63. The molecule has 2 heterocycles. The van der Waals surface area contributed by atoms with E-state index < -0.39 is 0 Å². The third-order valence-corrected chi connectivity index (χ3v) is 3.86. The minimum atomic E-state index is -0.281. The van der Waals surface area contributed by atoms with Crippen molar-refractivity contribution in [2.24, 2.45) is 5.73 Å². The van der Waals surface area contributed by atoms with E-state index in [1.54, 1.807) is 18.5 Å². The molecule has 22 heavy (non-hydrogen) atoms. The van der Waals surface area contributed by atoms with Gasteiger partial charge in [0, 0.05) is 23.2 Å². The molecule has 0 saturated heterocycles. The van der Waals surface area contributed by atoms with Gasteiger partial charge in [0.25, 0.3) is 0 Å². The van der Waals surface area contributed by atoms with Gasteiger partial charge in [-0.3, -0.25) is 4.98 Å². The molecule has 2 N–H and O–H groups in total. The third-order valence-electron chi connectivity index (χ3n) is 3.86. The van der Waals surface area contributed by atoms with Crippen molar-refractivity contribution in [1.82, 2.24) is 4.98 Å². The maximum atomic E-state index is 13.5. The highest BCUT2D eigenvalue weighted by molar-refractivity contribution is 6.05. The smallest absolute Gasteiger partial charge is 0.135 e. The van der Waals surface area contributed by atoms with E-state index in [1.165, 1.54) is 12.1 Å². The molecule has 0 amide bonds. The maximum Gasteiger partial charge on any atom is 0.135 e. The summed E-state index contributed by atoms with van der Waals surface area (Å²) in [5.41, 5.74) is 9.57. The fourth-order valence-corrected chi connectivity index (χ4v) is 2.71. The van der Waals surface area contributed by atoms with Crippen LogP contribution < -0.4 is 5.73 Å². The average molecular weight is 292 g/mol. The fraction of sp³-hybridized carbons (Fsp3) is 0.0556. The Labute approximate surface area is 126 Å². The summed E-state index contributed by atoms with van der Waals surface area (Å²) in [5.74, 6) is -0.280. The van der Waals surface area contributed by atoms with Crippen LogP contribution in [0.25, 0.3) is 21.9 Å². The molecule has 0 aliphatic rings. The molecule has 1 atom stereocenters. The Hall–Kier alpha value is -2.72. The van der Waals surface area contributed by atoms with Gasteiger partial charge in [-0.1, -0.05) is 12.1 Å². The first-order chi connectivity index (χ1) is 10.7. The summed E-state index contributed by atoms with van der Waals surface area (Å²) >= 11 is 0. The normalized spacial score (nSPS) is 12.8. The number of rotatable bonds is 2. The zero-order valence-electron chi connectivity index (χ0n) is 11.7. The molecule has 0 aliphatic carbocycles. The number of aromatic nitrogens is 1. The first kappa shape index (κ1) is 13.0. The lowest BCUT2D eigenvalue weighted by Crippen LogP contribution is -2.11. The van der Waals surface area contributed by atoms with E-state index in [4.69, 9.17) is 10.2 Å². The largest absolute Gasteiger partial charge is 0.456 e. The van der Waals surface area contributed by atoms with E-state index >= 15 is 0 Å². The third kappa shape index (κ3) is 2.05. The second kappa shape index (κ2) is 4.93. The van der Waals surface area contributed by atoms with Gasteiger partial charge >= 0.3 is 0 Å². The highest BCUT2D eigenvalue weighted by Gasteiger charge is 2.13. The molecule has 0 aliphatic heterocycles. The van der Waals surface area contributed by atoms with Crippen LogP contribution >= 0.6 is 0 Å². The molecule has 1 unspecified atom stereocenters. The first-order valence-corrected chi connectivity index (χ1v) is 6.99. The summed E-state index contributed by atoms with van der Waals surface area (Å²) in [6.45, 7) is 0. The van der Waals surface area contributed by atoms with E-state index in [0.29, 0.717) is 5.58 Å². The zero-order chi connectivity index (χ0) is 15.1. The van der Waals surface area contributed by atoms with Crippen LogP contribution in [0.5, 0.6) is 0 Å². The molecule has 3 nitrogen and oxygen atoms in total. The Morgan fingerprint density at radius 1 is 0.955 bits per heavy atom. The SMILES string of the molecule is NC(c1cccnc1)c1ccc2oc3ccc(F)cc3c2c1. The van der Waals surface area contributed by atoms with Gasteiger partial charge in [0.05, 0.1) is 6.04 Å². The molecule has 0 radical (unpaired) electrons. The molecule has 4 heteroatoms. The molecule has 0 saturated carbocycles. The molecular formula is C18H13FN2O. The number of hydrogen-bond donors (Lipinski definition) is 1. The molecule has 0 spiro atoms. The van der Waals surface area contributed by atoms with E-state index in [-0.39, 0.29) is 11.9 Å². The van der Waals surface area contributed by atoms with Crippen LogP contribution in [0.1, 0.15) is 17.2 Å². The topological polar surface area (TPSA) is 52.0 Å². The van der Waals surface area contributed by atoms with Crippen LogP contribution in [0.2, 0.25) is 0 Å². The van der Waals surface area contributed by atoms with E-state index in [9.17, 15) is 4.39 Å². The second-order valence-corrected chi connectivity index (χ2v) is 5.26. The van der Waals surface area contributed by atoms with Crippen molar-refractivity contribution in [3.05, 3.63) is 77.9 Å². The van der Waals surface area contributed by atoms with Gasteiger partial charge in [0.15, 0.2) is 0 Å². The van der Waals surface area contributed by atoms with Gasteiger partial charge in [-0.05, 0) is 47.5 Å².